The maximum absolute atomic E-state index is 10.9. The van der Waals surface area contributed by atoms with Gasteiger partial charge in [0.25, 0.3) is 0 Å². The molecule has 0 aromatic heterocycles. The normalized spacial score (nSPS) is 12.5. The van der Waals surface area contributed by atoms with Crippen molar-refractivity contribution in [3.63, 3.8) is 0 Å². The van der Waals surface area contributed by atoms with Crippen LogP contribution in [0.25, 0.3) is 0 Å². The van der Waals surface area contributed by atoms with Crippen LogP contribution in [0.5, 0.6) is 0 Å². The van der Waals surface area contributed by atoms with Crippen LogP contribution in [0.4, 0.5) is 5.69 Å². The molecule has 0 saturated carbocycles. The van der Waals surface area contributed by atoms with E-state index in [2.05, 4.69) is 44.3 Å². The molecule has 0 fully saturated rings. The van der Waals surface area contributed by atoms with Crippen LogP contribution in [0.1, 0.15) is 44.2 Å². The number of hydrogen-bond acceptors (Lipinski definition) is 2. The van der Waals surface area contributed by atoms with Crippen LogP contribution < -0.4 is 11.1 Å². The molecule has 0 aliphatic carbocycles. The topological polar surface area (TPSA) is 55.1 Å². The van der Waals surface area contributed by atoms with Gasteiger partial charge in [0.2, 0.25) is 5.91 Å². The van der Waals surface area contributed by atoms with Gasteiger partial charge in [0.05, 0.1) is 0 Å². The van der Waals surface area contributed by atoms with Crippen LogP contribution in [-0.2, 0) is 4.79 Å². The van der Waals surface area contributed by atoms with Gasteiger partial charge in [-0.1, -0.05) is 32.0 Å². The molecule has 1 rings (SSSR count). The number of amides is 1. The highest BCUT2D eigenvalue weighted by molar-refractivity contribution is 5.75. The lowest BCUT2D eigenvalue weighted by molar-refractivity contribution is -0.118. The average molecular weight is 234 g/mol. The van der Waals surface area contributed by atoms with Gasteiger partial charge >= 0.3 is 0 Å². The van der Waals surface area contributed by atoms with E-state index >= 15 is 0 Å². The fraction of sp³-hybridized carbons (Fsp3) is 0.500. The molecule has 1 unspecified atom stereocenters. The quantitative estimate of drug-likeness (QED) is 0.823. The van der Waals surface area contributed by atoms with E-state index in [1.807, 2.05) is 6.92 Å². The number of benzene rings is 1. The Balaban J connectivity index is 2.92. The molecule has 0 bridgehead atoms. The van der Waals surface area contributed by atoms with E-state index in [1.165, 1.54) is 11.1 Å². The van der Waals surface area contributed by atoms with Crippen LogP contribution in [0.2, 0.25) is 0 Å². The third kappa shape index (κ3) is 3.77. The van der Waals surface area contributed by atoms with Crippen molar-refractivity contribution in [3.8, 4) is 0 Å². The molecule has 1 atom stereocenters. The van der Waals surface area contributed by atoms with Gasteiger partial charge in [-0.05, 0) is 30.9 Å². The molecule has 3 heteroatoms. The van der Waals surface area contributed by atoms with Gasteiger partial charge in [0, 0.05) is 18.2 Å². The summed E-state index contributed by atoms with van der Waals surface area (Å²) in [5.74, 6) is 0.183. The lowest BCUT2D eigenvalue weighted by atomic mass is 9.97. The molecule has 1 aromatic rings. The number of primary amides is 1. The largest absolute Gasteiger partial charge is 0.382 e. The van der Waals surface area contributed by atoms with Gasteiger partial charge in [-0.3, -0.25) is 4.79 Å². The molecule has 94 valence electrons. The zero-order valence-electron chi connectivity index (χ0n) is 11.1. The lowest BCUT2D eigenvalue weighted by Crippen LogP contribution is -2.25. The minimum atomic E-state index is -0.273. The van der Waals surface area contributed by atoms with Gasteiger partial charge < -0.3 is 11.1 Å². The van der Waals surface area contributed by atoms with Gasteiger partial charge in [-0.15, -0.1) is 0 Å². The Labute approximate surface area is 103 Å². The zero-order valence-corrected chi connectivity index (χ0v) is 11.1. The molecular formula is C14H22N2O. The standard InChI is InChI=1S/C14H22N2O/c1-9(2)12-7-5-6-10(3)14(12)16-11(4)8-13(15)17/h5-7,9,11,16H,8H2,1-4H3,(H2,15,17). The minimum absolute atomic E-state index is 0.0612. The summed E-state index contributed by atoms with van der Waals surface area (Å²) in [6.07, 6.45) is 0.353. The Morgan fingerprint density at radius 3 is 2.53 bits per heavy atom. The number of nitrogens with two attached hydrogens (primary N) is 1. The van der Waals surface area contributed by atoms with Crippen LogP contribution >= 0.6 is 0 Å². The predicted octanol–water partition coefficient (Wildman–Crippen LogP) is 2.79. The molecule has 3 N–H and O–H groups in total. The number of anilines is 1. The van der Waals surface area contributed by atoms with Crippen molar-refractivity contribution < 1.29 is 4.79 Å². The summed E-state index contributed by atoms with van der Waals surface area (Å²) < 4.78 is 0. The first-order valence-corrected chi connectivity index (χ1v) is 6.06. The summed E-state index contributed by atoms with van der Waals surface area (Å²) in [6.45, 7) is 8.38. The molecule has 0 aliphatic rings. The molecule has 1 amide bonds. The minimum Gasteiger partial charge on any atom is -0.382 e. The molecule has 17 heavy (non-hydrogen) atoms. The van der Waals surface area contributed by atoms with E-state index in [4.69, 9.17) is 5.73 Å². The number of rotatable bonds is 5. The van der Waals surface area contributed by atoms with Crippen molar-refractivity contribution in [2.75, 3.05) is 5.32 Å². The highest BCUT2D eigenvalue weighted by Gasteiger charge is 2.12. The summed E-state index contributed by atoms with van der Waals surface area (Å²) in [5, 5.41) is 3.39. The van der Waals surface area contributed by atoms with Crippen LogP contribution in [0.15, 0.2) is 18.2 Å². The first-order valence-electron chi connectivity index (χ1n) is 6.06. The maximum Gasteiger partial charge on any atom is 0.219 e. The second kappa shape index (κ2) is 5.71. The molecule has 1 aromatic carbocycles. The fourth-order valence-electron chi connectivity index (χ4n) is 1.97. The molecular weight excluding hydrogens is 212 g/mol. The lowest BCUT2D eigenvalue weighted by Gasteiger charge is -2.21. The third-order valence-corrected chi connectivity index (χ3v) is 2.83. The monoisotopic (exact) mass is 234 g/mol. The van der Waals surface area contributed by atoms with E-state index in [9.17, 15) is 4.79 Å². The van der Waals surface area contributed by atoms with Crippen molar-refractivity contribution >= 4 is 11.6 Å². The number of para-hydroxylation sites is 1. The summed E-state index contributed by atoms with van der Waals surface area (Å²) in [4.78, 5) is 10.9. The average Bonchev–Trinajstić information content (AvgIpc) is 2.19. The number of carbonyl (C=O) groups excluding carboxylic acids is 1. The fourth-order valence-corrected chi connectivity index (χ4v) is 1.97. The van der Waals surface area contributed by atoms with Crippen molar-refractivity contribution in [1.82, 2.24) is 0 Å². The van der Waals surface area contributed by atoms with Gasteiger partial charge in [-0.25, -0.2) is 0 Å². The second-order valence-corrected chi connectivity index (χ2v) is 4.91. The first-order chi connectivity index (χ1) is 7.91. The number of nitrogens with one attached hydrogen (secondary N) is 1. The third-order valence-electron chi connectivity index (χ3n) is 2.83. The summed E-state index contributed by atoms with van der Waals surface area (Å²) in [5.41, 5.74) is 8.82. The highest BCUT2D eigenvalue weighted by atomic mass is 16.1. The predicted molar refractivity (Wildman–Crippen MR) is 72.2 cm³/mol. The second-order valence-electron chi connectivity index (χ2n) is 4.91. The smallest absolute Gasteiger partial charge is 0.219 e. The van der Waals surface area contributed by atoms with Gasteiger partial charge in [-0.2, -0.15) is 0 Å². The van der Waals surface area contributed by atoms with Crippen LogP contribution in [0.3, 0.4) is 0 Å². The Morgan fingerprint density at radius 2 is 2.00 bits per heavy atom. The van der Waals surface area contributed by atoms with Crippen LogP contribution in [-0.4, -0.2) is 11.9 Å². The van der Waals surface area contributed by atoms with Crippen LogP contribution in [0, 0.1) is 6.92 Å². The summed E-state index contributed by atoms with van der Waals surface area (Å²) in [7, 11) is 0. The Morgan fingerprint density at radius 1 is 1.35 bits per heavy atom. The number of aryl methyl sites for hydroxylation is 1. The molecule has 0 spiro atoms. The molecule has 0 radical (unpaired) electrons. The van der Waals surface area contributed by atoms with E-state index < -0.39 is 0 Å². The van der Waals surface area contributed by atoms with Crippen molar-refractivity contribution in [1.29, 1.82) is 0 Å². The molecule has 0 aliphatic heterocycles. The van der Waals surface area contributed by atoms with Gasteiger partial charge in [0.15, 0.2) is 0 Å². The van der Waals surface area contributed by atoms with E-state index in [0.29, 0.717) is 12.3 Å². The maximum atomic E-state index is 10.9. The van der Waals surface area contributed by atoms with E-state index in [0.717, 1.165) is 5.69 Å². The van der Waals surface area contributed by atoms with Crippen molar-refractivity contribution in [2.24, 2.45) is 5.73 Å². The summed E-state index contributed by atoms with van der Waals surface area (Å²) in [6, 6.07) is 6.32. The zero-order chi connectivity index (χ0) is 13.0. The first kappa shape index (κ1) is 13.6. The van der Waals surface area contributed by atoms with Crippen molar-refractivity contribution in [3.05, 3.63) is 29.3 Å². The van der Waals surface area contributed by atoms with Gasteiger partial charge in [0.1, 0.15) is 0 Å². The SMILES string of the molecule is Cc1cccc(C(C)C)c1NC(C)CC(N)=O. The Kier molecular flexibility index (Phi) is 4.55. The van der Waals surface area contributed by atoms with Crippen molar-refractivity contribution in [2.45, 2.75) is 46.1 Å². The van der Waals surface area contributed by atoms with E-state index in [1.54, 1.807) is 0 Å². The highest BCUT2D eigenvalue weighted by Crippen LogP contribution is 2.28. The van der Waals surface area contributed by atoms with E-state index in [-0.39, 0.29) is 11.9 Å². The molecule has 3 nitrogen and oxygen atoms in total. The Hall–Kier alpha value is -1.51. The molecule has 0 heterocycles. The summed E-state index contributed by atoms with van der Waals surface area (Å²) >= 11 is 0. The molecule has 0 saturated heterocycles. The number of carbonyl (C=O) groups is 1. The Bertz CT molecular complexity index is 399. The number of hydrogen-bond donors (Lipinski definition) is 2.